The number of aromatic carboxylic acids is 1. The zero-order valence-electron chi connectivity index (χ0n) is 9.08. The van der Waals surface area contributed by atoms with Crippen LogP contribution in [0.2, 0.25) is 0 Å². The molecule has 0 spiro atoms. The minimum atomic E-state index is -1.29. The molecular weight excluding hydrogens is 295 g/mol. The number of carboxylic acids is 1. The highest BCUT2D eigenvalue weighted by Gasteiger charge is 2.17. The zero-order chi connectivity index (χ0) is 13.1. The van der Waals surface area contributed by atoms with E-state index in [-0.39, 0.29) is 5.56 Å². The molecular formula is C10H7FN2O2S3. The van der Waals surface area contributed by atoms with Crippen LogP contribution in [0.25, 0.3) is 0 Å². The minimum Gasteiger partial charge on any atom is -0.478 e. The van der Waals surface area contributed by atoms with Crippen LogP contribution in [0.5, 0.6) is 0 Å². The number of benzene rings is 1. The molecule has 2 rings (SSSR count). The Labute approximate surface area is 115 Å². The van der Waals surface area contributed by atoms with Crippen LogP contribution < -0.4 is 0 Å². The third-order valence-electron chi connectivity index (χ3n) is 1.95. The van der Waals surface area contributed by atoms with E-state index in [1.54, 1.807) is 6.07 Å². The van der Waals surface area contributed by atoms with Crippen LogP contribution in [-0.2, 0) is 0 Å². The van der Waals surface area contributed by atoms with E-state index >= 15 is 0 Å². The molecule has 0 aliphatic heterocycles. The smallest absolute Gasteiger partial charge is 0.339 e. The Balaban J connectivity index is 2.34. The van der Waals surface area contributed by atoms with Gasteiger partial charge in [-0.15, -0.1) is 10.2 Å². The fourth-order valence-corrected chi connectivity index (χ4v) is 3.75. The van der Waals surface area contributed by atoms with E-state index in [1.165, 1.54) is 29.2 Å². The molecule has 0 radical (unpaired) electrons. The molecule has 1 heterocycles. The lowest BCUT2D eigenvalue weighted by Gasteiger charge is -2.03. The highest BCUT2D eigenvalue weighted by molar-refractivity contribution is 8.03. The van der Waals surface area contributed by atoms with E-state index in [0.29, 0.717) is 9.24 Å². The highest BCUT2D eigenvalue weighted by atomic mass is 32.2. The highest BCUT2D eigenvalue weighted by Crippen LogP contribution is 2.35. The first kappa shape index (κ1) is 13.3. The van der Waals surface area contributed by atoms with E-state index in [9.17, 15) is 9.18 Å². The molecule has 0 atom stereocenters. The fourth-order valence-electron chi connectivity index (χ4n) is 1.21. The predicted octanol–water partition coefficient (Wildman–Crippen LogP) is 3.25. The topological polar surface area (TPSA) is 63.1 Å². The van der Waals surface area contributed by atoms with E-state index in [0.717, 1.165) is 22.2 Å². The van der Waals surface area contributed by atoms with Gasteiger partial charge in [-0.3, -0.25) is 0 Å². The monoisotopic (exact) mass is 302 g/mol. The molecule has 0 saturated carbocycles. The van der Waals surface area contributed by atoms with Crippen molar-refractivity contribution < 1.29 is 14.3 Å². The van der Waals surface area contributed by atoms with Gasteiger partial charge in [-0.1, -0.05) is 40.9 Å². The van der Waals surface area contributed by atoms with Gasteiger partial charge in [0.25, 0.3) is 0 Å². The largest absolute Gasteiger partial charge is 0.478 e. The zero-order valence-corrected chi connectivity index (χ0v) is 11.5. The Hall–Kier alpha value is -1.12. The summed E-state index contributed by atoms with van der Waals surface area (Å²) in [5.74, 6) is -2.03. The molecule has 0 saturated heterocycles. The van der Waals surface area contributed by atoms with Crippen molar-refractivity contribution in [2.45, 2.75) is 13.6 Å². The van der Waals surface area contributed by atoms with E-state index < -0.39 is 11.8 Å². The molecule has 0 bridgehead atoms. The molecule has 0 amide bonds. The second-order valence-corrected chi connectivity index (χ2v) is 6.38. The molecule has 4 nitrogen and oxygen atoms in total. The standard InChI is InChI=1S/C10H7FN2O2S3/c1-16-9-12-13-10(18-9)17-6-4-2-3-5(11)7(6)8(14)15/h2-4H,1H3,(H,14,15). The van der Waals surface area contributed by atoms with Crippen LogP contribution in [0.15, 0.2) is 31.8 Å². The molecule has 0 unspecified atom stereocenters. The lowest BCUT2D eigenvalue weighted by molar-refractivity contribution is 0.0688. The second kappa shape index (κ2) is 5.68. The van der Waals surface area contributed by atoms with Gasteiger partial charge in [0, 0.05) is 4.90 Å². The summed E-state index contributed by atoms with van der Waals surface area (Å²) < 4.78 is 14.8. The van der Waals surface area contributed by atoms with Gasteiger partial charge >= 0.3 is 5.97 Å². The summed E-state index contributed by atoms with van der Waals surface area (Å²) in [6.07, 6.45) is 1.87. The summed E-state index contributed by atoms with van der Waals surface area (Å²) in [4.78, 5) is 11.3. The van der Waals surface area contributed by atoms with Gasteiger partial charge in [0.1, 0.15) is 11.4 Å². The summed E-state index contributed by atoms with van der Waals surface area (Å²) in [6.45, 7) is 0. The molecule has 0 aliphatic rings. The van der Waals surface area contributed by atoms with Crippen LogP contribution >= 0.6 is 34.9 Å². The number of thioether (sulfide) groups is 1. The quantitative estimate of drug-likeness (QED) is 0.875. The molecule has 1 aromatic carbocycles. The van der Waals surface area contributed by atoms with Gasteiger partial charge in [-0.05, 0) is 18.4 Å². The maximum atomic E-state index is 13.4. The van der Waals surface area contributed by atoms with E-state index in [2.05, 4.69) is 10.2 Å². The second-order valence-electron chi connectivity index (χ2n) is 3.06. The first-order chi connectivity index (χ1) is 8.61. The summed E-state index contributed by atoms with van der Waals surface area (Å²) in [6, 6.07) is 4.15. The van der Waals surface area contributed by atoms with Crippen molar-refractivity contribution in [1.29, 1.82) is 0 Å². The Bertz CT molecular complexity index is 588. The molecule has 1 aromatic heterocycles. The van der Waals surface area contributed by atoms with Crippen LogP contribution in [-0.4, -0.2) is 27.5 Å². The molecule has 8 heteroatoms. The normalized spacial score (nSPS) is 10.6. The molecule has 0 fully saturated rings. The maximum absolute atomic E-state index is 13.4. The van der Waals surface area contributed by atoms with Crippen LogP contribution in [0, 0.1) is 5.82 Å². The van der Waals surface area contributed by atoms with Crippen molar-refractivity contribution in [3.63, 3.8) is 0 Å². The molecule has 0 aliphatic carbocycles. The van der Waals surface area contributed by atoms with Crippen molar-refractivity contribution in [2.75, 3.05) is 6.26 Å². The third-order valence-corrected chi connectivity index (χ3v) is 4.96. The molecule has 2 aromatic rings. The first-order valence-corrected chi connectivity index (χ1v) is 7.54. The Kier molecular flexibility index (Phi) is 4.20. The Morgan fingerprint density at radius 1 is 1.39 bits per heavy atom. The van der Waals surface area contributed by atoms with Gasteiger partial charge in [-0.25, -0.2) is 9.18 Å². The summed E-state index contributed by atoms with van der Waals surface area (Å²) in [7, 11) is 0. The summed E-state index contributed by atoms with van der Waals surface area (Å²) >= 11 is 3.90. The van der Waals surface area contributed by atoms with Crippen molar-refractivity contribution in [2.24, 2.45) is 0 Å². The Morgan fingerprint density at radius 2 is 2.11 bits per heavy atom. The van der Waals surface area contributed by atoms with Crippen molar-refractivity contribution in [3.05, 3.63) is 29.6 Å². The maximum Gasteiger partial charge on any atom is 0.339 e. The number of carboxylic acid groups (broad SMARTS) is 1. The number of carbonyl (C=O) groups is 1. The molecule has 1 N–H and O–H groups in total. The average molecular weight is 302 g/mol. The summed E-state index contributed by atoms with van der Waals surface area (Å²) in [5, 5.41) is 16.8. The number of aromatic nitrogens is 2. The number of halogens is 1. The van der Waals surface area contributed by atoms with Crippen LogP contribution in [0.4, 0.5) is 4.39 Å². The van der Waals surface area contributed by atoms with E-state index in [1.807, 2.05) is 6.26 Å². The number of hydrogen-bond donors (Lipinski definition) is 1. The molecule has 94 valence electrons. The number of hydrogen-bond acceptors (Lipinski definition) is 6. The SMILES string of the molecule is CSc1nnc(Sc2cccc(F)c2C(=O)O)s1. The number of rotatable bonds is 4. The predicted molar refractivity (Wildman–Crippen MR) is 69.2 cm³/mol. The van der Waals surface area contributed by atoms with Crippen molar-refractivity contribution >= 4 is 40.8 Å². The van der Waals surface area contributed by atoms with Crippen molar-refractivity contribution in [1.82, 2.24) is 10.2 Å². The van der Waals surface area contributed by atoms with Crippen LogP contribution in [0.3, 0.4) is 0 Å². The minimum absolute atomic E-state index is 0.325. The van der Waals surface area contributed by atoms with E-state index in [4.69, 9.17) is 5.11 Å². The van der Waals surface area contributed by atoms with Gasteiger partial charge < -0.3 is 5.11 Å². The summed E-state index contributed by atoms with van der Waals surface area (Å²) in [5.41, 5.74) is -0.330. The van der Waals surface area contributed by atoms with Gasteiger partial charge in [-0.2, -0.15) is 0 Å². The van der Waals surface area contributed by atoms with Gasteiger partial charge in [0.15, 0.2) is 8.68 Å². The van der Waals surface area contributed by atoms with Crippen molar-refractivity contribution in [3.8, 4) is 0 Å². The third kappa shape index (κ3) is 2.82. The van der Waals surface area contributed by atoms with Gasteiger partial charge in [0.05, 0.1) is 0 Å². The lowest BCUT2D eigenvalue weighted by atomic mass is 10.2. The number of nitrogens with zero attached hydrogens (tertiary/aromatic N) is 2. The Morgan fingerprint density at radius 3 is 2.72 bits per heavy atom. The fraction of sp³-hybridized carbons (Fsp3) is 0.100. The van der Waals surface area contributed by atoms with Gasteiger partial charge in [0.2, 0.25) is 0 Å². The average Bonchev–Trinajstić information content (AvgIpc) is 2.76. The van der Waals surface area contributed by atoms with Crippen LogP contribution in [0.1, 0.15) is 10.4 Å². The lowest BCUT2D eigenvalue weighted by Crippen LogP contribution is -2.02. The molecule has 18 heavy (non-hydrogen) atoms. The first-order valence-electron chi connectivity index (χ1n) is 4.69.